The van der Waals surface area contributed by atoms with Crippen LogP contribution in [0.5, 0.6) is 0 Å². The standard InChI is InChI=1S/C25H30N2O5/c1-17(18-10-12-20(13-11-18)19-8-6-5-7-9-19)32-16-21(22(28)29)14-15-27-23(30)25(2,3)26(4)24(27)31/h5-13,17,21H,14-16H2,1-4H3,(H,28,29). The van der Waals surface area contributed by atoms with Crippen LogP contribution in [0, 0.1) is 5.92 Å². The van der Waals surface area contributed by atoms with Gasteiger partial charge < -0.3 is 14.7 Å². The Labute approximate surface area is 188 Å². The first-order valence-electron chi connectivity index (χ1n) is 10.7. The summed E-state index contributed by atoms with van der Waals surface area (Å²) in [5, 5.41) is 9.60. The molecule has 7 nitrogen and oxygen atoms in total. The second kappa shape index (κ2) is 9.53. The Hall–Kier alpha value is -3.19. The molecule has 0 aromatic heterocycles. The van der Waals surface area contributed by atoms with Gasteiger partial charge in [-0.05, 0) is 43.9 Å². The zero-order valence-electron chi connectivity index (χ0n) is 18.9. The Morgan fingerprint density at radius 2 is 1.62 bits per heavy atom. The van der Waals surface area contributed by atoms with Crippen LogP contribution in [-0.4, -0.2) is 58.6 Å². The van der Waals surface area contributed by atoms with Gasteiger partial charge in [0.25, 0.3) is 5.91 Å². The van der Waals surface area contributed by atoms with Gasteiger partial charge in [-0.3, -0.25) is 14.5 Å². The van der Waals surface area contributed by atoms with Crippen LogP contribution in [0.15, 0.2) is 54.6 Å². The summed E-state index contributed by atoms with van der Waals surface area (Å²) in [6.45, 7) is 5.27. The Kier molecular flexibility index (Phi) is 6.99. The van der Waals surface area contributed by atoms with Crippen LogP contribution >= 0.6 is 0 Å². The summed E-state index contributed by atoms with van der Waals surface area (Å²) in [6.07, 6.45) is -0.155. The number of hydrogen-bond donors (Lipinski definition) is 1. The molecule has 2 atom stereocenters. The molecule has 1 saturated heterocycles. The molecule has 1 aliphatic rings. The maximum Gasteiger partial charge on any atom is 0.327 e. The molecule has 0 saturated carbocycles. The summed E-state index contributed by atoms with van der Waals surface area (Å²) < 4.78 is 5.85. The van der Waals surface area contributed by atoms with Crippen LogP contribution in [0.1, 0.15) is 38.9 Å². The predicted octanol–water partition coefficient (Wildman–Crippen LogP) is 4.19. The molecule has 0 spiro atoms. The molecule has 0 bridgehead atoms. The molecule has 7 heteroatoms. The lowest BCUT2D eigenvalue weighted by molar-refractivity contribution is -0.145. The van der Waals surface area contributed by atoms with Gasteiger partial charge in [0, 0.05) is 13.6 Å². The molecule has 1 heterocycles. The topological polar surface area (TPSA) is 87.2 Å². The number of carbonyl (C=O) groups excluding carboxylic acids is 2. The van der Waals surface area contributed by atoms with E-state index in [1.54, 1.807) is 20.9 Å². The minimum Gasteiger partial charge on any atom is -0.481 e. The monoisotopic (exact) mass is 438 g/mol. The first kappa shape index (κ1) is 23.5. The Balaban J connectivity index is 1.57. The van der Waals surface area contributed by atoms with Gasteiger partial charge in [0.15, 0.2) is 0 Å². The number of hydrogen-bond acceptors (Lipinski definition) is 4. The van der Waals surface area contributed by atoms with Gasteiger partial charge in [0.05, 0.1) is 18.6 Å². The highest BCUT2D eigenvalue weighted by Crippen LogP contribution is 2.27. The molecule has 0 radical (unpaired) electrons. The zero-order valence-corrected chi connectivity index (χ0v) is 18.9. The molecular formula is C25H30N2O5. The minimum absolute atomic E-state index is 0.00755. The van der Waals surface area contributed by atoms with Crippen LogP contribution < -0.4 is 0 Å². The molecule has 1 aliphatic heterocycles. The van der Waals surface area contributed by atoms with Gasteiger partial charge in [-0.15, -0.1) is 0 Å². The van der Waals surface area contributed by atoms with E-state index >= 15 is 0 Å². The van der Waals surface area contributed by atoms with Gasteiger partial charge in [-0.25, -0.2) is 4.79 Å². The van der Waals surface area contributed by atoms with Crippen molar-refractivity contribution in [3.8, 4) is 11.1 Å². The first-order valence-corrected chi connectivity index (χ1v) is 10.7. The predicted molar refractivity (Wildman–Crippen MR) is 121 cm³/mol. The number of carboxylic acids is 1. The second-order valence-corrected chi connectivity index (χ2v) is 8.64. The van der Waals surface area contributed by atoms with Crippen LogP contribution in [0.3, 0.4) is 0 Å². The molecular weight excluding hydrogens is 408 g/mol. The number of nitrogens with zero attached hydrogens (tertiary/aromatic N) is 2. The number of carbonyl (C=O) groups is 3. The molecule has 2 aromatic carbocycles. The molecule has 170 valence electrons. The molecule has 1 N–H and O–H groups in total. The summed E-state index contributed by atoms with van der Waals surface area (Å²) in [4.78, 5) is 39.1. The normalized spacial score (nSPS) is 17.5. The van der Waals surface area contributed by atoms with Crippen molar-refractivity contribution in [1.82, 2.24) is 9.80 Å². The van der Waals surface area contributed by atoms with E-state index in [0.717, 1.165) is 21.6 Å². The first-order chi connectivity index (χ1) is 15.1. The highest BCUT2D eigenvalue weighted by atomic mass is 16.5. The van der Waals surface area contributed by atoms with Crippen molar-refractivity contribution in [2.75, 3.05) is 20.2 Å². The lowest BCUT2D eigenvalue weighted by Crippen LogP contribution is -2.41. The molecule has 3 amide bonds. The Morgan fingerprint density at radius 1 is 1.03 bits per heavy atom. The van der Waals surface area contributed by atoms with Crippen molar-refractivity contribution in [3.63, 3.8) is 0 Å². The van der Waals surface area contributed by atoms with Crippen molar-refractivity contribution in [3.05, 3.63) is 60.2 Å². The Morgan fingerprint density at radius 3 is 2.16 bits per heavy atom. The van der Waals surface area contributed by atoms with E-state index in [0.29, 0.717) is 0 Å². The summed E-state index contributed by atoms with van der Waals surface area (Å²) in [5.41, 5.74) is 2.24. The van der Waals surface area contributed by atoms with Gasteiger partial charge in [-0.1, -0.05) is 54.6 Å². The lowest BCUT2D eigenvalue weighted by Gasteiger charge is -2.22. The summed E-state index contributed by atoms with van der Waals surface area (Å²) in [5.74, 6) is -2.15. The number of amides is 3. The van der Waals surface area contributed by atoms with Crippen LogP contribution in [-0.2, 0) is 14.3 Å². The van der Waals surface area contributed by atoms with Crippen LogP contribution in [0.2, 0.25) is 0 Å². The fraction of sp³-hybridized carbons (Fsp3) is 0.400. The lowest BCUT2D eigenvalue weighted by atomic mass is 10.0. The molecule has 1 fully saturated rings. The van der Waals surface area contributed by atoms with E-state index in [4.69, 9.17) is 4.74 Å². The average Bonchev–Trinajstić information content (AvgIpc) is 2.93. The molecule has 0 aliphatic carbocycles. The molecule has 32 heavy (non-hydrogen) atoms. The SMILES string of the molecule is CC(OCC(CCN1C(=O)N(C)C(C)(C)C1=O)C(=O)O)c1ccc(-c2ccccc2)cc1. The van der Waals surface area contributed by atoms with Crippen molar-refractivity contribution < 1.29 is 24.2 Å². The number of aliphatic carboxylic acids is 1. The van der Waals surface area contributed by atoms with E-state index in [1.165, 1.54) is 4.90 Å². The van der Waals surface area contributed by atoms with Gasteiger partial charge >= 0.3 is 12.0 Å². The fourth-order valence-electron chi connectivity index (χ4n) is 3.67. The van der Waals surface area contributed by atoms with Crippen molar-refractivity contribution in [1.29, 1.82) is 0 Å². The maximum atomic E-state index is 12.5. The minimum atomic E-state index is -1.01. The third-order valence-electron chi connectivity index (χ3n) is 6.21. The molecule has 2 unspecified atom stereocenters. The van der Waals surface area contributed by atoms with Crippen molar-refractivity contribution >= 4 is 17.9 Å². The summed E-state index contributed by atoms with van der Waals surface area (Å²) in [6, 6.07) is 17.6. The van der Waals surface area contributed by atoms with Crippen LogP contribution in [0.25, 0.3) is 11.1 Å². The fourth-order valence-corrected chi connectivity index (χ4v) is 3.67. The number of benzene rings is 2. The molecule has 2 aromatic rings. The third kappa shape index (κ3) is 4.83. The number of ether oxygens (including phenoxy) is 1. The maximum absolute atomic E-state index is 12.5. The smallest absolute Gasteiger partial charge is 0.327 e. The summed E-state index contributed by atoms with van der Waals surface area (Å²) >= 11 is 0. The number of rotatable bonds is 9. The van der Waals surface area contributed by atoms with Crippen molar-refractivity contribution in [2.24, 2.45) is 5.92 Å². The molecule has 3 rings (SSSR count). The number of carboxylic acid groups (broad SMARTS) is 1. The van der Waals surface area contributed by atoms with E-state index in [-0.39, 0.29) is 31.6 Å². The summed E-state index contributed by atoms with van der Waals surface area (Å²) in [7, 11) is 1.57. The largest absolute Gasteiger partial charge is 0.481 e. The quantitative estimate of drug-likeness (QED) is 0.593. The van der Waals surface area contributed by atoms with E-state index in [1.807, 2.05) is 61.5 Å². The third-order valence-corrected chi connectivity index (χ3v) is 6.21. The number of urea groups is 1. The second-order valence-electron chi connectivity index (χ2n) is 8.64. The zero-order chi connectivity index (χ0) is 23.5. The van der Waals surface area contributed by atoms with Crippen molar-refractivity contribution in [2.45, 2.75) is 38.8 Å². The van der Waals surface area contributed by atoms with Crippen LogP contribution in [0.4, 0.5) is 4.79 Å². The van der Waals surface area contributed by atoms with Gasteiger partial charge in [-0.2, -0.15) is 0 Å². The average molecular weight is 439 g/mol. The van der Waals surface area contributed by atoms with Gasteiger partial charge in [0.2, 0.25) is 0 Å². The van der Waals surface area contributed by atoms with E-state index in [2.05, 4.69) is 0 Å². The van der Waals surface area contributed by atoms with Gasteiger partial charge in [0.1, 0.15) is 5.54 Å². The number of imide groups is 1. The Bertz CT molecular complexity index is 972. The highest BCUT2D eigenvalue weighted by molar-refractivity contribution is 6.06. The highest BCUT2D eigenvalue weighted by Gasteiger charge is 2.49. The number of likely N-dealkylation sites (N-methyl/N-ethyl adjacent to an activating group) is 1. The van der Waals surface area contributed by atoms with E-state index in [9.17, 15) is 19.5 Å². The van der Waals surface area contributed by atoms with E-state index < -0.39 is 23.5 Å².